The molecule has 10 nitrogen and oxygen atoms in total. The van der Waals surface area contributed by atoms with Crippen LogP contribution in [0.25, 0.3) is 0 Å². The zero-order valence-electron chi connectivity index (χ0n) is 18.6. The lowest BCUT2D eigenvalue weighted by molar-refractivity contribution is -0.145. The van der Waals surface area contributed by atoms with E-state index in [4.69, 9.17) is 9.15 Å². The van der Waals surface area contributed by atoms with E-state index in [0.29, 0.717) is 11.1 Å². The van der Waals surface area contributed by atoms with Gasteiger partial charge in [0.2, 0.25) is 5.88 Å². The first-order valence-electron chi connectivity index (χ1n) is 10.7. The van der Waals surface area contributed by atoms with E-state index in [1.54, 1.807) is 60.7 Å². The minimum Gasteiger partial charge on any atom is -0.481 e. The highest BCUT2D eigenvalue weighted by atomic mass is 16.5. The third kappa shape index (κ3) is 7.19. The van der Waals surface area contributed by atoms with Crippen molar-refractivity contribution in [3.05, 3.63) is 90.2 Å². The molecule has 0 saturated heterocycles. The van der Waals surface area contributed by atoms with E-state index in [1.807, 2.05) is 0 Å². The molecule has 0 aliphatic rings. The molecule has 1 unspecified atom stereocenters. The Balaban J connectivity index is 1.89. The van der Waals surface area contributed by atoms with Crippen LogP contribution in [0.4, 0.5) is 10.7 Å². The molecule has 0 radical (unpaired) electrons. The number of nitrogens with one attached hydrogen (secondary N) is 1. The summed E-state index contributed by atoms with van der Waals surface area (Å²) in [6.07, 6.45) is 0.110. The van der Waals surface area contributed by atoms with E-state index < -0.39 is 42.4 Å². The second-order valence-corrected chi connectivity index (χ2v) is 7.59. The summed E-state index contributed by atoms with van der Waals surface area (Å²) in [6, 6.07) is 18.5. The molecule has 2 atom stereocenters. The maximum absolute atomic E-state index is 13.5. The molecule has 182 valence electrons. The van der Waals surface area contributed by atoms with Crippen molar-refractivity contribution in [1.29, 1.82) is 0 Å². The van der Waals surface area contributed by atoms with Crippen molar-refractivity contribution in [3.63, 3.8) is 0 Å². The summed E-state index contributed by atoms with van der Waals surface area (Å²) in [6.45, 7) is -0.914. The topological polar surface area (TPSA) is 146 Å². The van der Waals surface area contributed by atoms with Crippen molar-refractivity contribution >= 4 is 29.8 Å². The zero-order valence-corrected chi connectivity index (χ0v) is 18.6. The Morgan fingerprint density at radius 1 is 0.886 bits per heavy atom. The SMILES string of the molecule is O=C(O)CN(C(=O)[C@@H](NC(=O)OCc1ccccc1)C(Cc1ccccc1)C(=O)O)c1ccco1. The number of rotatable bonds is 11. The van der Waals surface area contributed by atoms with Crippen molar-refractivity contribution < 1.29 is 38.5 Å². The lowest BCUT2D eigenvalue weighted by Gasteiger charge is -2.28. The smallest absolute Gasteiger partial charge is 0.408 e. The highest BCUT2D eigenvalue weighted by molar-refractivity contribution is 6.02. The molecular weight excluding hydrogens is 456 g/mol. The van der Waals surface area contributed by atoms with Crippen LogP contribution < -0.4 is 10.2 Å². The molecule has 2 amide bonds. The molecule has 0 spiro atoms. The van der Waals surface area contributed by atoms with E-state index in [2.05, 4.69) is 5.32 Å². The number of hydrogen-bond donors (Lipinski definition) is 3. The first-order valence-corrected chi connectivity index (χ1v) is 10.7. The third-order valence-electron chi connectivity index (χ3n) is 5.10. The Hall–Kier alpha value is -4.60. The van der Waals surface area contributed by atoms with Crippen LogP contribution >= 0.6 is 0 Å². The molecule has 3 rings (SSSR count). The van der Waals surface area contributed by atoms with Gasteiger partial charge in [0.25, 0.3) is 5.91 Å². The molecule has 0 aliphatic carbocycles. The van der Waals surface area contributed by atoms with E-state index in [-0.39, 0.29) is 18.9 Å². The summed E-state index contributed by atoms with van der Waals surface area (Å²) in [5.41, 5.74) is 1.30. The van der Waals surface area contributed by atoms with Crippen LogP contribution in [-0.2, 0) is 32.1 Å². The standard InChI is InChI=1S/C25H24N2O8/c28-21(29)15-27(20-12-7-13-34-20)23(30)22(19(24(31)32)14-17-8-3-1-4-9-17)26-25(33)35-16-18-10-5-2-6-11-18/h1-13,19,22H,14-16H2,(H,26,33)(H,28,29)(H,31,32)/t19?,22-/m0/s1. The fourth-order valence-electron chi connectivity index (χ4n) is 3.43. The van der Waals surface area contributed by atoms with E-state index in [0.717, 1.165) is 4.90 Å². The molecule has 2 aromatic carbocycles. The van der Waals surface area contributed by atoms with Gasteiger partial charge in [0.15, 0.2) is 0 Å². The average Bonchev–Trinajstić information content (AvgIpc) is 3.39. The number of hydrogen-bond acceptors (Lipinski definition) is 6. The fraction of sp³-hybridized carbons (Fsp3) is 0.200. The molecule has 0 bridgehead atoms. The summed E-state index contributed by atoms with van der Waals surface area (Å²) < 4.78 is 10.4. The number of anilines is 1. The molecule has 1 heterocycles. The number of furan rings is 1. The minimum atomic E-state index is -1.65. The van der Waals surface area contributed by atoms with Crippen LogP contribution in [0.5, 0.6) is 0 Å². The molecule has 3 aromatic rings. The van der Waals surface area contributed by atoms with Crippen LogP contribution in [0.15, 0.2) is 83.5 Å². The predicted octanol–water partition coefficient (Wildman–Crippen LogP) is 2.94. The minimum absolute atomic E-state index is 0.106. The number of nitrogens with zero attached hydrogens (tertiary/aromatic N) is 1. The van der Waals surface area contributed by atoms with Gasteiger partial charge < -0.3 is 24.7 Å². The maximum atomic E-state index is 13.5. The number of carbonyl (C=O) groups is 4. The second kappa shape index (κ2) is 12.0. The highest BCUT2D eigenvalue weighted by Gasteiger charge is 2.39. The van der Waals surface area contributed by atoms with Gasteiger partial charge in [0, 0.05) is 6.07 Å². The van der Waals surface area contributed by atoms with Gasteiger partial charge in [0.05, 0.1) is 12.2 Å². The summed E-state index contributed by atoms with van der Waals surface area (Å²) in [5.74, 6) is -5.21. The number of carbonyl (C=O) groups excluding carboxylic acids is 2. The molecular formula is C25H24N2O8. The van der Waals surface area contributed by atoms with Gasteiger partial charge in [-0.3, -0.25) is 19.3 Å². The summed E-state index contributed by atoms with van der Waals surface area (Å²) >= 11 is 0. The Morgan fingerprint density at radius 2 is 1.51 bits per heavy atom. The van der Waals surface area contributed by atoms with E-state index >= 15 is 0 Å². The molecule has 35 heavy (non-hydrogen) atoms. The van der Waals surface area contributed by atoms with Crippen LogP contribution in [0.2, 0.25) is 0 Å². The summed E-state index contributed by atoms with van der Waals surface area (Å²) in [4.78, 5) is 50.6. The number of alkyl carbamates (subject to hydrolysis) is 1. The van der Waals surface area contributed by atoms with Gasteiger partial charge in [-0.25, -0.2) is 4.79 Å². The Bertz CT molecular complexity index is 1130. The lowest BCUT2D eigenvalue weighted by atomic mass is 9.91. The number of aliphatic carboxylic acids is 2. The number of benzene rings is 2. The number of carboxylic acids is 2. The van der Waals surface area contributed by atoms with E-state index in [9.17, 15) is 29.4 Å². The van der Waals surface area contributed by atoms with Crippen molar-refractivity contribution in [2.45, 2.75) is 19.1 Å². The van der Waals surface area contributed by atoms with Gasteiger partial charge in [-0.05, 0) is 23.6 Å². The van der Waals surface area contributed by atoms with Gasteiger partial charge in [0.1, 0.15) is 19.2 Å². The molecule has 10 heteroatoms. The monoisotopic (exact) mass is 480 g/mol. The number of ether oxygens (including phenoxy) is 1. The number of amides is 2. The zero-order chi connectivity index (χ0) is 25.2. The summed E-state index contributed by atoms with van der Waals surface area (Å²) in [7, 11) is 0. The lowest BCUT2D eigenvalue weighted by Crippen LogP contribution is -2.55. The largest absolute Gasteiger partial charge is 0.481 e. The number of carboxylic acid groups (broad SMARTS) is 2. The predicted molar refractivity (Wildman–Crippen MR) is 124 cm³/mol. The quantitative estimate of drug-likeness (QED) is 0.380. The van der Waals surface area contributed by atoms with Crippen molar-refractivity contribution in [3.8, 4) is 0 Å². The fourth-order valence-corrected chi connectivity index (χ4v) is 3.43. The first-order chi connectivity index (χ1) is 16.8. The molecule has 3 N–H and O–H groups in total. The Labute approximate surface area is 200 Å². The molecule has 0 aliphatic heterocycles. The van der Waals surface area contributed by atoms with Gasteiger partial charge in [-0.2, -0.15) is 0 Å². The van der Waals surface area contributed by atoms with E-state index in [1.165, 1.54) is 18.4 Å². The Morgan fingerprint density at radius 3 is 2.06 bits per heavy atom. The second-order valence-electron chi connectivity index (χ2n) is 7.59. The summed E-state index contributed by atoms with van der Waals surface area (Å²) in [5, 5.41) is 21.6. The first kappa shape index (κ1) is 25.0. The molecule has 0 fully saturated rings. The van der Waals surface area contributed by atoms with Crippen LogP contribution in [-0.4, -0.2) is 46.7 Å². The van der Waals surface area contributed by atoms with Crippen molar-refractivity contribution in [2.24, 2.45) is 5.92 Å². The maximum Gasteiger partial charge on any atom is 0.408 e. The van der Waals surface area contributed by atoms with Gasteiger partial charge in [-0.15, -0.1) is 0 Å². The van der Waals surface area contributed by atoms with Crippen LogP contribution in [0.3, 0.4) is 0 Å². The average molecular weight is 480 g/mol. The Kier molecular flexibility index (Phi) is 8.60. The van der Waals surface area contributed by atoms with Crippen molar-refractivity contribution in [1.82, 2.24) is 5.32 Å². The van der Waals surface area contributed by atoms with Gasteiger partial charge >= 0.3 is 18.0 Å². The third-order valence-corrected chi connectivity index (χ3v) is 5.10. The van der Waals surface area contributed by atoms with Crippen LogP contribution in [0, 0.1) is 5.92 Å². The van der Waals surface area contributed by atoms with Gasteiger partial charge in [-0.1, -0.05) is 60.7 Å². The van der Waals surface area contributed by atoms with Crippen molar-refractivity contribution in [2.75, 3.05) is 11.4 Å². The highest BCUT2D eigenvalue weighted by Crippen LogP contribution is 2.21. The van der Waals surface area contributed by atoms with Crippen LogP contribution in [0.1, 0.15) is 11.1 Å². The molecule has 0 saturated carbocycles. The molecule has 1 aromatic heterocycles. The normalized spacial score (nSPS) is 12.2.